The molecule has 0 radical (unpaired) electrons. The van der Waals surface area contributed by atoms with E-state index < -0.39 is 0 Å². The van der Waals surface area contributed by atoms with Gasteiger partial charge in [0.25, 0.3) is 0 Å². The average molecular weight is 451 g/mol. The average Bonchev–Trinajstić information content (AvgIpc) is 2.80. The highest BCUT2D eigenvalue weighted by molar-refractivity contribution is 8.17. The highest BCUT2D eigenvalue weighted by Crippen LogP contribution is 2.53. The predicted molar refractivity (Wildman–Crippen MR) is 137 cm³/mol. The molecule has 0 spiro atoms. The Balaban J connectivity index is 1.46. The van der Waals surface area contributed by atoms with Crippen LogP contribution in [-0.2, 0) is 11.5 Å². The Morgan fingerprint density at radius 1 is 0.767 bits per heavy atom. The van der Waals surface area contributed by atoms with Gasteiger partial charge in [-0.1, -0.05) is 84.8 Å². The second-order valence-corrected chi connectivity index (χ2v) is 12.5. The molecule has 0 saturated heterocycles. The lowest BCUT2D eigenvalue weighted by molar-refractivity contribution is 0.502. The third kappa shape index (κ3) is 6.35. The number of hydrogen-bond donors (Lipinski definition) is 0. The van der Waals surface area contributed by atoms with Crippen LogP contribution in [-0.4, -0.2) is 9.33 Å². The molecule has 1 aliphatic rings. The normalized spacial score (nSPS) is 18.2. The molecule has 30 heavy (non-hydrogen) atoms. The standard InChI is InChI=1S/C27H30S3/c1-22-14-16-25(17-15-22)30-26-13-8-18-27(19-26,28-20-23-9-4-2-5-10-23)29-21-24-11-6-3-7-12-24/h2-7,9-12,14-17,26H,8,13,18-21H2,1H3. The quantitative estimate of drug-likeness (QED) is 0.315. The van der Waals surface area contributed by atoms with Crippen molar-refractivity contribution in [3.8, 4) is 0 Å². The number of aryl methyl sites for hydroxylation is 1. The maximum absolute atomic E-state index is 2.30. The minimum Gasteiger partial charge on any atom is -0.139 e. The zero-order valence-electron chi connectivity index (χ0n) is 17.6. The highest BCUT2D eigenvalue weighted by atomic mass is 32.2. The van der Waals surface area contributed by atoms with E-state index in [1.807, 2.05) is 0 Å². The summed E-state index contributed by atoms with van der Waals surface area (Å²) >= 11 is 6.46. The summed E-state index contributed by atoms with van der Waals surface area (Å²) in [6.07, 6.45) is 5.25. The van der Waals surface area contributed by atoms with E-state index in [9.17, 15) is 0 Å². The Labute approximate surface area is 194 Å². The van der Waals surface area contributed by atoms with Crippen LogP contribution in [0.15, 0.2) is 89.8 Å². The number of hydrogen-bond acceptors (Lipinski definition) is 3. The minimum absolute atomic E-state index is 0.298. The molecular formula is C27H30S3. The summed E-state index contributed by atoms with van der Waals surface area (Å²) in [5.74, 6) is 2.20. The van der Waals surface area contributed by atoms with Gasteiger partial charge >= 0.3 is 0 Å². The topological polar surface area (TPSA) is 0 Å². The van der Waals surface area contributed by atoms with Gasteiger partial charge in [0.05, 0.1) is 4.08 Å². The van der Waals surface area contributed by atoms with Gasteiger partial charge in [-0.25, -0.2) is 0 Å². The molecule has 1 atom stereocenters. The molecule has 1 fully saturated rings. The van der Waals surface area contributed by atoms with E-state index in [-0.39, 0.29) is 0 Å². The number of rotatable bonds is 8. The van der Waals surface area contributed by atoms with Gasteiger partial charge in [-0.15, -0.1) is 35.3 Å². The maximum Gasteiger partial charge on any atom is 0.0628 e. The van der Waals surface area contributed by atoms with Crippen molar-refractivity contribution in [3.63, 3.8) is 0 Å². The van der Waals surface area contributed by atoms with Crippen LogP contribution >= 0.6 is 35.3 Å². The Morgan fingerprint density at radius 2 is 1.33 bits per heavy atom. The molecule has 0 bridgehead atoms. The largest absolute Gasteiger partial charge is 0.139 e. The van der Waals surface area contributed by atoms with Gasteiger partial charge in [0.1, 0.15) is 0 Å². The van der Waals surface area contributed by atoms with Crippen molar-refractivity contribution in [3.05, 3.63) is 102 Å². The zero-order valence-corrected chi connectivity index (χ0v) is 20.1. The lowest BCUT2D eigenvalue weighted by Crippen LogP contribution is -2.30. The molecule has 3 aromatic rings. The van der Waals surface area contributed by atoms with Crippen molar-refractivity contribution in [2.75, 3.05) is 0 Å². The molecule has 1 unspecified atom stereocenters. The fourth-order valence-electron chi connectivity index (χ4n) is 3.94. The van der Waals surface area contributed by atoms with E-state index in [4.69, 9.17) is 0 Å². The van der Waals surface area contributed by atoms with Crippen LogP contribution < -0.4 is 0 Å². The van der Waals surface area contributed by atoms with Crippen molar-refractivity contribution in [1.29, 1.82) is 0 Å². The zero-order chi connectivity index (χ0) is 20.7. The van der Waals surface area contributed by atoms with Gasteiger partial charge in [-0.2, -0.15) is 0 Å². The SMILES string of the molecule is Cc1ccc(SC2CCCC(SCc3ccccc3)(SCc3ccccc3)C2)cc1. The van der Waals surface area contributed by atoms with Crippen molar-refractivity contribution >= 4 is 35.3 Å². The summed E-state index contributed by atoms with van der Waals surface area (Å²) in [4.78, 5) is 1.42. The van der Waals surface area contributed by atoms with E-state index in [0.717, 1.165) is 11.5 Å². The van der Waals surface area contributed by atoms with Gasteiger partial charge in [-0.3, -0.25) is 0 Å². The number of benzene rings is 3. The molecule has 3 heteroatoms. The van der Waals surface area contributed by atoms with Crippen LogP contribution in [0.4, 0.5) is 0 Å². The van der Waals surface area contributed by atoms with Crippen LogP contribution in [0.3, 0.4) is 0 Å². The van der Waals surface area contributed by atoms with Crippen molar-refractivity contribution in [1.82, 2.24) is 0 Å². The Kier molecular flexibility index (Phi) is 7.92. The van der Waals surface area contributed by atoms with Gasteiger partial charge in [0.2, 0.25) is 0 Å². The lowest BCUT2D eigenvalue weighted by atomic mass is 9.99. The molecule has 0 N–H and O–H groups in total. The summed E-state index contributed by atoms with van der Waals surface area (Å²) < 4.78 is 0.298. The van der Waals surface area contributed by atoms with E-state index in [1.165, 1.54) is 47.3 Å². The first-order valence-electron chi connectivity index (χ1n) is 10.8. The van der Waals surface area contributed by atoms with E-state index in [2.05, 4.69) is 127 Å². The van der Waals surface area contributed by atoms with Crippen LogP contribution in [0.1, 0.15) is 42.4 Å². The molecule has 0 heterocycles. The van der Waals surface area contributed by atoms with Crippen LogP contribution in [0.25, 0.3) is 0 Å². The summed E-state index contributed by atoms with van der Waals surface area (Å²) in [6.45, 7) is 2.17. The molecule has 0 aliphatic heterocycles. The molecule has 1 aliphatic carbocycles. The van der Waals surface area contributed by atoms with Gasteiger partial charge < -0.3 is 0 Å². The summed E-state index contributed by atoms with van der Waals surface area (Å²) in [5, 5.41) is 0.702. The molecule has 0 amide bonds. The molecular weight excluding hydrogens is 420 g/mol. The molecule has 3 aromatic carbocycles. The van der Waals surface area contributed by atoms with E-state index in [1.54, 1.807) is 0 Å². The first kappa shape index (κ1) is 21.9. The molecule has 0 nitrogen and oxygen atoms in total. The third-order valence-corrected chi connectivity index (χ3v) is 10.4. The first-order chi connectivity index (χ1) is 14.7. The number of thioether (sulfide) groups is 3. The Morgan fingerprint density at radius 3 is 1.90 bits per heavy atom. The summed E-state index contributed by atoms with van der Waals surface area (Å²) in [5.41, 5.74) is 4.22. The molecule has 156 valence electrons. The van der Waals surface area contributed by atoms with Crippen LogP contribution in [0.2, 0.25) is 0 Å². The molecule has 1 saturated carbocycles. The van der Waals surface area contributed by atoms with Crippen molar-refractivity contribution < 1.29 is 0 Å². The summed E-state index contributed by atoms with van der Waals surface area (Å²) in [6, 6.07) is 31.0. The lowest BCUT2D eigenvalue weighted by Gasteiger charge is -2.40. The van der Waals surface area contributed by atoms with Crippen molar-refractivity contribution in [2.24, 2.45) is 0 Å². The second kappa shape index (κ2) is 10.8. The Hall–Kier alpha value is -1.29. The van der Waals surface area contributed by atoms with Crippen LogP contribution in [0.5, 0.6) is 0 Å². The van der Waals surface area contributed by atoms with E-state index >= 15 is 0 Å². The Bertz CT molecular complexity index is 847. The monoisotopic (exact) mass is 450 g/mol. The third-order valence-electron chi connectivity index (χ3n) is 5.64. The fourth-order valence-corrected chi connectivity index (χ4v) is 8.63. The maximum atomic E-state index is 2.30. The van der Waals surface area contributed by atoms with Crippen molar-refractivity contribution in [2.45, 2.75) is 58.3 Å². The molecule has 4 rings (SSSR count). The highest BCUT2D eigenvalue weighted by Gasteiger charge is 2.37. The fraction of sp³-hybridized carbons (Fsp3) is 0.333. The van der Waals surface area contributed by atoms with E-state index in [0.29, 0.717) is 9.33 Å². The molecule has 0 aromatic heterocycles. The minimum atomic E-state index is 0.298. The van der Waals surface area contributed by atoms with Crippen LogP contribution in [0, 0.1) is 6.92 Å². The predicted octanol–water partition coefficient (Wildman–Crippen LogP) is 8.59. The smallest absolute Gasteiger partial charge is 0.0628 e. The van der Waals surface area contributed by atoms with Gasteiger partial charge in [-0.05, 0) is 49.4 Å². The van der Waals surface area contributed by atoms with Gasteiger partial charge in [0.15, 0.2) is 0 Å². The van der Waals surface area contributed by atoms with Gasteiger partial charge in [0, 0.05) is 21.7 Å². The summed E-state index contributed by atoms with van der Waals surface area (Å²) in [7, 11) is 0. The second-order valence-electron chi connectivity index (χ2n) is 8.11. The first-order valence-corrected chi connectivity index (χ1v) is 13.6.